The van der Waals surface area contributed by atoms with Gasteiger partial charge in [-0.25, -0.2) is 31.5 Å². The van der Waals surface area contributed by atoms with Crippen LogP contribution in [0.1, 0.15) is 31.4 Å². The second-order valence-electron chi connectivity index (χ2n) is 8.21. The Kier molecular flexibility index (Phi) is 6.83. The highest BCUT2D eigenvalue weighted by atomic mass is 32.2. The molecule has 2 aliphatic heterocycles. The molecule has 0 radical (unpaired) electrons. The Hall–Kier alpha value is -2.75. The lowest BCUT2D eigenvalue weighted by atomic mass is 9.97. The van der Waals surface area contributed by atoms with Gasteiger partial charge in [0.15, 0.2) is 11.5 Å². The van der Waals surface area contributed by atoms with Crippen molar-refractivity contribution in [2.24, 2.45) is 5.92 Å². The van der Waals surface area contributed by atoms with E-state index >= 15 is 0 Å². The van der Waals surface area contributed by atoms with Crippen LogP contribution in [0.25, 0.3) is 0 Å². The molecule has 10 nitrogen and oxygen atoms in total. The van der Waals surface area contributed by atoms with Gasteiger partial charge >= 0.3 is 0 Å². The van der Waals surface area contributed by atoms with Gasteiger partial charge in [0.25, 0.3) is 0 Å². The third-order valence-electron chi connectivity index (χ3n) is 6.05. The molecule has 0 spiro atoms. The van der Waals surface area contributed by atoms with Crippen molar-refractivity contribution in [1.82, 2.24) is 14.7 Å². The van der Waals surface area contributed by atoms with Crippen molar-refractivity contribution in [3.05, 3.63) is 42.4 Å². The fourth-order valence-electron chi connectivity index (χ4n) is 4.17. The number of piperidine rings is 1. The molecule has 1 aromatic carbocycles. The SMILES string of the molecule is N#Cc1nccnc1N1CCC(CNS(=O)(=O)c2ccc(N3CCCCS3(=O)=O)cc2)CC1. The van der Waals surface area contributed by atoms with E-state index in [-0.39, 0.29) is 22.3 Å². The highest BCUT2D eigenvalue weighted by Crippen LogP contribution is 2.26. The van der Waals surface area contributed by atoms with Gasteiger partial charge in [0, 0.05) is 38.6 Å². The quantitative estimate of drug-likeness (QED) is 0.643. The van der Waals surface area contributed by atoms with Crippen molar-refractivity contribution in [2.45, 2.75) is 30.6 Å². The zero-order chi connectivity index (χ0) is 23.5. The Labute approximate surface area is 194 Å². The summed E-state index contributed by atoms with van der Waals surface area (Å²) in [5.41, 5.74) is 0.777. The first-order valence-electron chi connectivity index (χ1n) is 10.9. The van der Waals surface area contributed by atoms with E-state index in [1.807, 2.05) is 4.90 Å². The molecule has 0 unspecified atom stereocenters. The monoisotopic (exact) mass is 490 g/mol. The van der Waals surface area contributed by atoms with Gasteiger partial charge in [0.2, 0.25) is 20.0 Å². The minimum Gasteiger partial charge on any atom is -0.354 e. The van der Waals surface area contributed by atoms with Crippen LogP contribution in [-0.2, 0) is 20.0 Å². The van der Waals surface area contributed by atoms with Gasteiger partial charge in [-0.1, -0.05) is 0 Å². The minimum absolute atomic E-state index is 0.108. The Morgan fingerprint density at radius 2 is 1.76 bits per heavy atom. The number of anilines is 2. The van der Waals surface area contributed by atoms with E-state index in [1.165, 1.54) is 22.6 Å². The van der Waals surface area contributed by atoms with Gasteiger partial charge in [-0.2, -0.15) is 5.26 Å². The minimum atomic E-state index is -3.71. The summed E-state index contributed by atoms with van der Waals surface area (Å²) in [5.74, 6) is 0.841. The molecule has 1 N–H and O–H groups in total. The van der Waals surface area contributed by atoms with Crippen LogP contribution in [0, 0.1) is 17.2 Å². The molecule has 2 saturated heterocycles. The van der Waals surface area contributed by atoms with Crippen molar-refractivity contribution in [2.75, 3.05) is 41.1 Å². The maximum absolute atomic E-state index is 12.8. The maximum atomic E-state index is 12.8. The van der Waals surface area contributed by atoms with Gasteiger partial charge in [0.1, 0.15) is 6.07 Å². The van der Waals surface area contributed by atoms with E-state index in [0.29, 0.717) is 44.1 Å². The molecule has 12 heteroatoms. The third-order valence-corrected chi connectivity index (χ3v) is 9.35. The lowest BCUT2D eigenvalue weighted by Gasteiger charge is -2.32. The molecule has 0 bridgehead atoms. The fraction of sp³-hybridized carbons (Fsp3) is 0.476. The molecule has 0 amide bonds. The summed E-state index contributed by atoms with van der Waals surface area (Å²) in [6.45, 7) is 2.05. The molecular weight excluding hydrogens is 464 g/mol. The smallest absolute Gasteiger partial charge is 0.240 e. The van der Waals surface area contributed by atoms with Gasteiger partial charge in [-0.05, 0) is 55.9 Å². The van der Waals surface area contributed by atoms with Gasteiger partial charge in [-0.15, -0.1) is 0 Å². The summed E-state index contributed by atoms with van der Waals surface area (Å²) in [6.07, 6.45) is 6.00. The van der Waals surface area contributed by atoms with Crippen LogP contribution in [-0.4, -0.2) is 58.7 Å². The standard InChI is InChI=1S/C21H26N6O4S2/c22-15-20-21(24-10-9-23-20)26-12-7-17(8-13-26)16-25-33(30,31)19-5-3-18(4-6-19)27-11-1-2-14-32(27,28)29/h3-6,9-10,17,25H,1-2,7-8,11-14,16H2. The van der Waals surface area contributed by atoms with E-state index < -0.39 is 20.0 Å². The lowest BCUT2D eigenvalue weighted by Crippen LogP contribution is -2.39. The molecule has 0 atom stereocenters. The second kappa shape index (κ2) is 9.62. The first kappa shape index (κ1) is 23.4. The van der Waals surface area contributed by atoms with Gasteiger partial charge in [-0.3, -0.25) is 4.31 Å². The van der Waals surface area contributed by atoms with E-state index in [0.717, 1.165) is 19.3 Å². The van der Waals surface area contributed by atoms with Crippen LogP contribution in [0.5, 0.6) is 0 Å². The molecule has 4 rings (SSSR count). The molecule has 1 aromatic heterocycles. The summed E-state index contributed by atoms with van der Waals surface area (Å²) >= 11 is 0. The molecule has 0 saturated carbocycles. The van der Waals surface area contributed by atoms with Crippen LogP contribution in [0.15, 0.2) is 41.6 Å². The van der Waals surface area contributed by atoms with Crippen LogP contribution in [0.3, 0.4) is 0 Å². The zero-order valence-corrected chi connectivity index (χ0v) is 19.7. The number of aromatic nitrogens is 2. The first-order valence-corrected chi connectivity index (χ1v) is 14.0. The molecular formula is C21H26N6O4S2. The van der Waals surface area contributed by atoms with Crippen molar-refractivity contribution in [1.29, 1.82) is 5.26 Å². The number of nitrogens with one attached hydrogen (secondary N) is 1. The summed E-state index contributed by atoms with van der Waals surface area (Å²) in [6, 6.07) is 8.04. The normalized spacial score (nSPS) is 19.2. The third kappa shape index (κ3) is 5.26. The zero-order valence-electron chi connectivity index (χ0n) is 18.1. The largest absolute Gasteiger partial charge is 0.354 e. The lowest BCUT2D eigenvalue weighted by molar-refractivity contribution is 0.400. The average molecular weight is 491 g/mol. The summed E-state index contributed by atoms with van der Waals surface area (Å²) < 4.78 is 54.1. The van der Waals surface area contributed by atoms with Crippen LogP contribution >= 0.6 is 0 Å². The van der Waals surface area contributed by atoms with Gasteiger partial charge < -0.3 is 4.90 Å². The number of rotatable bonds is 6. The maximum Gasteiger partial charge on any atom is 0.240 e. The number of nitrogens with zero attached hydrogens (tertiary/aromatic N) is 5. The van der Waals surface area contributed by atoms with E-state index in [2.05, 4.69) is 20.8 Å². The number of hydrogen-bond donors (Lipinski definition) is 1. The molecule has 2 fully saturated rings. The topological polar surface area (TPSA) is 136 Å². The average Bonchev–Trinajstić information content (AvgIpc) is 2.83. The van der Waals surface area contributed by atoms with E-state index in [1.54, 1.807) is 18.3 Å². The summed E-state index contributed by atoms with van der Waals surface area (Å²) in [7, 11) is -7.05. The Balaban J connectivity index is 1.34. The van der Waals surface area contributed by atoms with Crippen LogP contribution in [0.2, 0.25) is 0 Å². The summed E-state index contributed by atoms with van der Waals surface area (Å²) in [5, 5.41) is 9.21. The second-order valence-corrected chi connectivity index (χ2v) is 12.0. The van der Waals surface area contributed by atoms with Gasteiger partial charge in [0.05, 0.1) is 16.3 Å². The van der Waals surface area contributed by atoms with Crippen molar-refractivity contribution >= 4 is 31.6 Å². The Morgan fingerprint density at radius 3 is 2.42 bits per heavy atom. The van der Waals surface area contributed by atoms with E-state index in [9.17, 15) is 22.1 Å². The molecule has 0 aliphatic carbocycles. The first-order chi connectivity index (χ1) is 15.8. The highest BCUT2D eigenvalue weighted by Gasteiger charge is 2.27. The molecule has 176 valence electrons. The fourth-order valence-corrected chi connectivity index (χ4v) is 6.93. The highest BCUT2D eigenvalue weighted by molar-refractivity contribution is 7.92. The van der Waals surface area contributed by atoms with E-state index in [4.69, 9.17) is 0 Å². The molecule has 2 aromatic rings. The van der Waals surface area contributed by atoms with Crippen molar-refractivity contribution < 1.29 is 16.8 Å². The molecule has 3 heterocycles. The van der Waals surface area contributed by atoms with Crippen molar-refractivity contribution in [3.63, 3.8) is 0 Å². The number of benzene rings is 1. The van der Waals surface area contributed by atoms with Crippen LogP contribution in [0.4, 0.5) is 11.5 Å². The number of nitriles is 1. The molecule has 2 aliphatic rings. The van der Waals surface area contributed by atoms with Crippen LogP contribution < -0.4 is 13.9 Å². The Bertz CT molecular complexity index is 1230. The predicted molar refractivity (Wildman–Crippen MR) is 124 cm³/mol. The number of hydrogen-bond acceptors (Lipinski definition) is 8. The molecule has 33 heavy (non-hydrogen) atoms. The Morgan fingerprint density at radius 1 is 1.06 bits per heavy atom. The summed E-state index contributed by atoms with van der Waals surface area (Å²) in [4.78, 5) is 10.4. The van der Waals surface area contributed by atoms with Crippen molar-refractivity contribution in [3.8, 4) is 6.07 Å². The number of sulfonamides is 2. The predicted octanol–water partition coefficient (Wildman–Crippen LogP) is 1.47.